The first-order valence-corrected chi connectivity index (χ1v) is 7.06. The van der Waals surface area contributed by atoms with E-state index in [1.807, 2.05) is 0 Å². The predicted octanol–water partition coefficient (Wildman–Crippen LogP) is -0.287. The van der Waals surface area contributed by atoms with E-state index in [2.05, 4.69) is 21.7 Å². The van der Waals surface area contributed by atoms with E-state index in [9.17, 15) is 8.42 Å². The summed E-state index contributed by atoms with van der Waals surface area (Å²) in [4.78, 5) is 0. The van der Waals surface area contributed by atoms with Crippen molar-refractivity contribution in [1.29, 1.82) is 0 Å². The predicted molar refractivity (Wildman–Crippen MR) is 58.7 cm³/mol. The maximum atomic E-state index is 11.6. The molecule has 0 aromatic rings. The lowest BCUT2D eigenvalue weighted by atomic mass is 10.0. The summed E-state index contributed by atoms with van der Waals surface area (Å²) in [5, 5.41) is 3.30. The number of hydrogen-bond donors (Lipinski definition) is 3. The lowest BCUT2D eigenvalue weighted by molar-refractivity contribution is 0.360. The van der Waals surface area contributed by atoms with E-state index in [1.54, 1.807) is 0 Å². The zero-order valence-electron chi connectivity index (χ0n) is 8.99. The van der Waals surface area contributed by atoms with Crippen molar-refractivity contribution in [2.75, 3.05) is 6.54 Å². The van der Waals surface area contributed by atoms with E-state index in [0.717, 1.165) is 32.2 Å². The molecule has 2 fully saturated rings. The highest BCUT2D eigenvalue weighted by atomic mass is 32.2. The topological polar surface area (TPSA) is 70.2 Å². The zero-order chi connectivity index (χ0) is 10.9. The fourth-order valence-electron chi connectivity index (χ4n) is 1.91. The van der Waals surface area contributed by atoms with Crippen LogP contribution in [0.15, 0.2) is 0 Å². The standard InChI is InChI=1S/C9H19N3O2S/c1-7-6-9(4-5-10-7)12-15(13,14)11-8-2-3-8/h7-12H,2-6H2,1H3. The molecule has 6 heteroatoms. The van der Waals surface area contributed by atoms with Crippen molar-refractivity contribution in [3.8, 4) is 0 Å². The van der Waals surface area contributed by atoms with E-state index < -0.39 is 10.2 Å². The molecule has 1 saturated carbocycles. The first-order chi connectivity index (χ1) is 7.05. The van der Waals surface area contributed by atoms with Crippen LogP contribution in [-0.2, 0) is 10.2 Å². The van der Waals surface area contributed by atoms with Crippen LogP contribution in [0.5, 0.6) is 0 Å². The maximum Gasteiger partial charge on any atom is 0.277 e. The smallest absolute Gasteiger partial charge is 0.277 e. The second kappa shape index (κ2) is 4.37. The van der Waals surface area contributed by atoms with Gasteiger partial charge < -0.3 is 5.32 Å². The van der Waals surface area contributed by atoms with Gasteiger partial charge in [-0.15, -0.1) is 0 Å². The lowest BCUT2D eigenvalue weighted by Gasteiger charge is -2.28. The number of rotatable bonds is 4. The fourth-order valence-corrected chi connectivity index (χ4v) is 3.31. The van der Waals surface area contributed by atoms with Crippen molar-refractivity contribution < 1.29 is 8.42 Å². The Morgan fingerprint density at radius 3 is 2.40 bits per heavy atom. The SMILES string of the molecule is CC1CC(NS(=O)(=O)NC2CC2)CCN1. The molecule has 1 aliphatic carbocycles. The van der Waals surface area contributed by atoms with Gasteiger partial charge in [0.15, 0.2) is 0 Å². The lowest BCUT2D eigenvalue weighted by Crippen LogP contribution is -2.50. The normalized spacial score (nSPS) is 32.9. The van der Waals surface area contributed by atoms with Crippen molar-refractivity contribution in [3.63, 3.8) is 0 Å². The highest BCUT2D eigenvalue weighted by molar-refractivity contribution is 7.87. The molecule has 1 heterocycles. The first-order valence-electron chi connectivity index (χ1n) is 5.58. The van der Waals surface area contributed by atoms with Gasteiger partial charge in [-0.2, -0.15) is 17.9 Å². The second-order valence-corrected chi connectivity index (χ2v) is 6.07. The highest BCUT2D eigenvalue weighted by Gasteiger charge is 2.29. The van der Waals surface area contributed by atoms with E-state index in [0.29, 0.717) is 6.04 Å². The largest absolute Gasteiger partial charge is 0.314 e. The van der Waals surface area contributed by atoms with Gasteiger partial charge in [-0.3, -0.25) is 0 Å². The Kier molecular flexibility index (Phi) is 3.30. The fraction of sp³-hybridized carbons (Fsp3) is 1.00. The van der Waals surface area contributed by atoms with Gasteiger partial charge >= 0.3 is 0 Å². The summed E-state index contributed by atoms with van der Waals surface area (Å²) in [6.07, 6.45) is 3.69. The Hall–Kier alpha value is -0.170. The monoisotopic (exact) mass is 233 g/mol. The molecule has 2 rings (SSSR count). The van der Waals surface area contributed by atoms with Crippen LogP contribution in [0.3, 0.4) is 0 Å². The summed E-state index contributed by atoms with van der Waals surface area (Å²) in [7, 11) is -3.27. The van der Waals surface area contributed by atoms with Crippen molar-refractivity contribution in [1.82, 2.24) is 14.8 Å². The Balaban J connectivity index is 1.83. The van der Waals surface area contributed by atoms with Gasteiger partial charge in [0.1, 0.15) is 0 Å². The molecule has 1 saturated heterocycles. The van der Waals surface area contributed by atoms with Crippen molar-refractivity contribution in [2.45, 2.75) is 50.7 Å². The average Bonchev–Trinajstić information content (AvgIpc) is 2.86. The summed E-state index contributed by atoms with van der Waals surface area (Å²) >= 11 is 0. The van der Waals surface area contributed by atoms with E-state index in [1.165, 1.54) is 0 Å². The first kappa shape index (κ1) is 11.3. The second-order valence-electron chi connectivity index (χ2n) is 4.59. The van der Waals surface area contributed by atoms with Gasteiger partial charge in [-0.25, -0.2) is 0 Å². The molecule has 2 atom stereocenters. The third kappa shape index (κ3) is 3.71. The van der Waals surface area contributed by atoms with Crippen LogP contribution in [-0.4, -0.2) is 33.1 Å². The molecule has 88 valence electrons. The quantitative estimate of drug-likeness (QED) is 0.625. The van der Waals surface area contributed by atoms with Gasteiger partial charge in [0.2, 0.25) is 0 Å². The third-order valence-corrected chi connectivity index (χ3v) is 4.13. The minimum Gasteiger partial charge on any atom is -0.314 e. The molecule has 0 radical (unpaired) electrons. The van der Waals surface area contributed by atoms with Gasteiger partial charge in [0.25, 0.3) is 10.2 Å². The number of nitrogens with one attached hydrogen (secondary N) is 3. The summed E-state index contributed by atoms with van der Waals surface area (Å²) in [6.45, 7) is 2.96. The van der Waals surface area contributed by atoms with Gasteiger partial charge in [0, 0.05) is 18.1 Å². The van der Waals surface area contributed by atoms with E-state index in [4.69, 9.17) is 0 Å². The molecule has 2 aliphatic rings. The minimum atomic E-state index is -3.27. The molecule has 0 spiro atoms. The zero-order valence-corrected chi connectivity index (χ0v) is 9.81. The average molecular weight is 233 g/mol. The van der Waals surface area contributed by atoms with Gasteiger partial charge in [-0.05, 0) is 39.2 Å². The number of piperidine rings is 1. The summed E-state index contributed by atoms with van der Waals surface area (Å²) in [6, 6.07) is 0.659. The molecule has 3 N–H and O–H groups in total. The van der Waals surface area contributed by atoms with Crippen molar-refractivity contribution in [3.05, 3.63) is 0 Å². The molecule has 15 heavy (non-hydrogen) atoms. The Bertz CT molecular complexity index is 313. The molecule has 1 aliphatic heterocycles. The molecular weight excluding hydrogens is 214 g/mol. The maximum absolute atomic E-state index is 11.6. The molecule has 0 bridgehead atoms. The van der Waals surface area contributed by atoms with Gasteiger partial charge in [0.05, 0.1) is 0 Å². The highest BCUT2D eigenvalue weighted by Crippen LogP contribution is 2.19. The van der Waals surface area contributed by atoms with Crippen LogP contribution < -0.4 is 14.8 Å². The Morgan fingerprint density at radius 1 is 1.13 bits per heavy atom. The van der Waals surface area contributed by atoms with Gasteiger partial charge in [-0.1, -0.05) is 0 Å². The molecule has 0 amide bonds. The van der Waals surface area contributed by atoms with E-state index >= 15 is 0 Å². The Labute approximate surface area is 91.2 Å². The molecular formula is C9H19N3O2S. The van der Waals surface area contributed by atoms with Crippen LogP contribution in [0, 0.1) is 0 Å². The third-order valence-electron chi connectivity index (χ3n) is 2.84. The van der Waals surface area contributed by atoms with Crippen molar-refractivity contribution in [2.24, 2.45) is 0 Å². The summed E-state index contributed by atoms with van der Waals surface area (Å²) in [5.74, 6) is 0. The van der Waals surface area contributed by atoms with Crippen LogP contribution in [0.4, 0.5) is 0 Å². The van der Waals surface area contributed by atoms with Crippen LogP contribution in [0.1, 0.15) is 32.6 Å². The Morgan fingerprint density at radius 2 is 1.80 bits per heavy atom. The molecule has 5 nitrogen and oxygen atoms in total. The molecule has 0 aromatic heterocycles. The minimum absolute atomic E-state index is 0.0810. The summed E-state index contributed by atoms with van der Waals surface area (Å²) < 4.78 is 28.6. The molecule has 2 unspecified atom stereocenters. The van der Waals surface area contributed by atoms with Crippen molar-refractivity contribution >= 4 is 10.2 Å². The van der Waals surface area contributed by atoms with E-state index in [-0.39, 0.29) is 12.1 Å². The molecule has 0 aromatic carbocycles. The van der Waals surface area contributed by atoms with Crippen LogP contribution in [0.25, 0.3) is 0 Å². The number of hydrogen-bond acceptors (Lipinski definition) is 3. The van der Waals surface area contributed by atoms with Crippen LogP contribution in [0.2, 0.25) is 0 Å². The summed E-state index contributed by atoms with van der Waals surface area (Å²) in [5.41, 5.74) is 0. The van der Waals surface area contributed by atoms with Crippen LogP contribution >= 0.6 is 0 Å².